The van der Waals surface area contributed by atoms with E-state index in [0.717, 1.165) is 31.6 Å². The molecule has 2 nitrogen and oxygen atoms in total. The fraction of sp³-hybridized carbons (Fsp3) is 1.00. The van der Waals surface area contributed by atoms with Crippen LogP contribution in [0.4, 0.5) is 0 Å². The van der Waals surface area contributed by atoms with Crippen LogP contribution in [-0.4, -0.2) is 30.6 Å². The van der Waals surface area contributed by atoms with Crippen LogP contribution in [0.15, 0.2) is 0 Å². The van der Waals surface area contributed by atoms with Crippen LogP contribution in [0.2, 0.25) is 0 Å². The predicted octanol–water partition coefficient (Wildman–Crippen LogP) is 3.90. The molecule has 0 aromatic heterocycles. The van der Waals surface area contributed by atoms with Gasteiger partial charge in [-0.05, 0) is 42.7 Å². The Kier molecular flexibility index (Phi) is 5.88. The van der Waals surface area contributed by atoms with Crippen molar-refractivity contribution in [2.45, 2.75) is 73.3 Å². The first-order valence-corrected chi connectivity index (χ1v) is 8.15. The molecule has 2 atom stereocenters. The Bertz CT molecular complexity index is 265. The van der Waals surface area contributed by atoms with Gasteiger partial charge in [0.2, 0.25) is 0 Å². The standard InChI is InChI=1S/C17H36N2/c1-7-19(13-17(5,6)12-18)15-11-9-8-10-14(15)16(2,3)4/h14-15H,7-13,18H2,1-6H3. The summed E-state index contributed by atoms with van der Waals surface area (Å²) in [6, 6.07) is 0.754. The van der Waals surface area contributed by atoms with Crippen LogP contribution in [0.5, 0.6) is 0 Å². The lowest BCUT2D eigenvalue weighted by Gasteiger charge is -2.47. The van der Waals surface area contributed by atoms with Crippen molar-refractivity contribution in [3.8, 4) is 0 Å². The zero-order valence-corrected chi connectivity index (χ0v) is 14.1. The van der Waals surface area contributed by atoms with Gasteiger partial charge in [-0.2, -0.15) is 0 Å². The number of hydrogen-bond donors (Lipinski definition) is 1. The SMILES string of the molecule is CCN(CC(C)(C)CN)C1CCCCC1C(C)(C)C. The van der Waals surface area contributed by atoms with E-state index in [2.05, 4.69) is 46.4 Å². The lowest BCUT2D eigenvalue weighted by Crippen LogP contribution is -2.50. The average Bonchev–Trinajstić information content (AvgIpc) is 2.35. The maximum Gasteiger partial charge on any atom is 0.0129 e. The zero-order valence-electron chi connectivity index (χ0n) is 14.1. The molecule has 0 aliphatic heterocycles. The summed E-state index contributed by atoms with van der Waals surface area (Å²) in [6.07, 6.45) is 5.58. The largest absolute Gasteiger partial charge is 0.330 e. The molecule has 2 heteroatoms. The Morgan fingerprint density at radius 1 is 1.05 bits per heavy atom. The second kappa shape index (κ2) is 6.58. The predicted molar refractivity (Wildman–Crippen MR) is 85.3 cm³/mol. The summed E-state index contributed by atoms with van der Waals surface area (Å²) in [5.74, 6) is 0.828. The van der Waals surface area contributed by atoms with Gasteiger partial charge in [0.25, 0.3) is 0 Å². The number of nitrogens with zero attached hydrogens (tertiary/aromatic N) is 1. The van der Waals surface area contributed by atoms with Gasteiger partial charge in [0.05, 0.1) is 0 Å². The molecule has 0 spiro atoms. The molecule has 1 fully saturated rings. The van der Waals surface area contributed by atoms with Crippen molar-refractivity contribution < 1.29 is 0 Å². The van der Waals surface area contributed by atoms with E-state index in [4.69, 9.17) is 5.73 Å². The number of hydrogen-bond acceptors (Lipinski definition) is 2. The summed E-state index contributed by atoms with van der Waals surface area (Å²) in [6.45, 7) is 17.2. The highest BCUT2D eigenvalue weighted by Crippen LogP contribution is 2.40. The van der Waals surface area contributed by atoms with Gasteiger partial charge in [-0.1, -0.05) is 54.4 Å². The fourth-order valence-corrected chi connectivity index (χ4v) is 3.64. The van der Waals surface area contributed by atoms with Gasteiger partial charge >= 0.3 is 0 Å². The van der Waals surface area contributed by atoms with Crippen molar-refractivity contribution in [1.29, 1.82) is 0 Å². The average molecular weight is 268 g/mol. The van der Waals surface area contributed by atoms with E-state index in [1.807, 2.05) is 0 Å². The van der Waals surface area contributed by atoms with E-state index in [1.165, 1.54) is 25.7 Å². The lowest BCUT2D eigenvalue weighted by molar-refractivity contribution is 0.0248. The summed E-state index contributed by atoms with van der Waals surface area (Å²) in [4.78, 5) is 2.71. The van der Waals surface area contributed by atoms with E-state index in [0.29, 0.717) is 5.41 Å². The third kappa shape index (κ3) is 4.75. The molecule has 0 aromatic rings. The van der Waals surface area contributed by atoms with Crippen molar-refractivity contribution in [2.24, 2.45) is 22.5 Å². The van der Waals surface area contributed by atoms with Crippen molar-refractivity contribution in [3.63, 3.8) is 0 Å². The zero-order chi connectivity index (χ0) is 14.7. The highest BCUT2D eigenvalue weighted by atomic mass is 15.2. The molecule has 114 valence electrons. The van der Waals surface area contributed by atoms with Crippen LogP contribution >= 0.6 is 0 Å². The van der Waals surface area contributed by atoms with Crippen LogP contribution < -0.4 is 5.73 Å². The summed E-state index contributed by atoms with van der Waals surface area (Å²) < 4.78 is 0. The highest BCUT2D eigenvalue weighted by Gasteiger charge is 2.38. The van der Waals surface area contributed by atoms with Gasteiger partial charge < -0.3 is 5.73 Å². The molecule has 1 aliphatic carbocycles. The third-order valence-electron chi connectivity index (χ3n) is 4.90. The van der Waals surface area contributed by atoms with Gasteiger partial charge in [-0.25, -0.2) is 0 Å². The quantitative estimate of drug-likeness (QED) is 0.819. The van der Waals surface area contributed by atoms with Gasteiger partial charge in [-0.3, -0.25) is 4.90 Å². The lowest BCUT2D eigenvalue weighted by atomic mass is 9.69. The molecule has 0 saturated heterocycles. The molecule has 0 amide bonds. The van der Waals surface area contributed by atoms with Crippen LogP contribution in [-0.2, 0) is 0 Å². The summed E-state index contributed by atoms with van der Waals surface area (Å²) in [5, 5.41) is 0. The normalized spacial score (nSPS) is 25.9. The molecule has 2 N–H and O–H groups in total. The van der Waals surface area contributed by atoms with Gasteiger partial charge in [0.1, 0.15) is 0 Å². The summed E-state index contributed by atoms with van der Waals surface area (Å²) in [7, 11) is 0. The molecule has 0 radical (unpaired) electrons. The van der Waals surface area contributed by atoms with Crippen molar-refractivity contribution in [1.82, 2.24) is 4.90 Å². The molecule has 0 heterocycles. The highest BCUT2D eigenvalue weighted by molar-refractivity contribution is 4.91. The molecule has 2 unspecified atom stereocenters. The molecule has 1 aliphatic rings. The maximum atomic E-state index is 5.93. The Balaban J connectivity index is 2.82. The second-order valence-electron chi connectivity index (χ2n) is 8.26. The fourth-order valence-electron chi connectivity index (χ4n) is 3.64. The van der Waals surface area contributed by atoms with Crippen LogP contribution in [0.3, 0.4) is 0 Å². The minimum Gasteiger partial charge on any atom is -0.330 e. The monoisotopic (exact) mass is 268 g/mol. The van der Waals surface area contributed by atoms with E-state index >= 15 is 0 Å². The Morgan fingerprint density at radius 2 is 1.63 bits per heavy atom. The van der Waals surface area contributed by atoms with Crippen LogP contribution in [0.25, 0.3) is 0 Å². The van der Waals surface area contributed by atoms with Crippen LogP contribution in [0.1, 0.15) is 67.2 Å². The minimum absolute atomic E-state index is 0.232. The minimum atomic E-state index is 0.232. The van der Waals surface area contributed by atoms with Crippen molar-refractivity contribution in [3.05, 3.63) is 0 Å². The van der Waals surface area contributed by atoms with E-state index in [-0.39, 0.29) is 5.41 Å². The summed E-state index contributed by atoms with van der Waals surface area (Å²) >= 11 is 0. The Labute approximate surface area is 121 Å². The first-order chi connectivity index (χ1) is 8.71. The molecular weight excluding hydrogens is 232 g/mol. The Morgan fingerprint density at radius 3 is 2.11 bits per heavy atom. The molecular formula is C17H36N2. The van der Waals surface area contributed by atoms with Crippen molar-refractivity contribution >= 4 is 0 Å². The van der Waals surface area contributed by atoms with Gasteiger partial charge in [0, 0.05) is 12.6 Å². The molecule has 1 saturated carbocycles. The van der Waals surface area contributed by atoms with Gasteiger partial charge in [-0.15, -0.1) is 0 Å². The molecule has 0 aromatic carbocycles. The molecule has 1 rings (SSSR count). The van der Waals surface area contributed by atoms with Gasteiger partial charge in [0.15, 0.2) is 0 Å². The van der Waals surface area contributed by atoms with E-state index in [9.17, 15) is 0 Å². The first kappa shape index (κ1) is 17.0. The first-order valence-electron chi connectivity index (χ1n) is 8.15. The second-order valence-corrected chi connectivity index (χ2v) is 8.26. The maximum absolute atomic E-state index is 5.93. The Hall–Kier alpha value is -0.0800. The van der Waals surface area contributed by atoms with E-state index < -0.39 is 0 Å². The molecule has 19 heavy (non-hydrogen) atoms. The van der Waals surface area contributed by atoms with Crippen molar-refractivity contribution in [2.75, 3.05) is 19.6 Å². The molecule has 0 bridgehead atoms. The summed E-state index contributed by atoms with van der Waals surface area (Å²) in [5.41, 5.74) is 6.59. The third-order valence-corrected chi connectivity index (χ3v) is 4.90. The number of nitrogens with two attached hydrogens (primary N) is 1. The van der Waals surface area contributed by atoms with E-state index in [1.54, 1.807) is 0 Å². The topological polar surface area (TPSA) is 29.3 Å². The number of rotatable bonds is 5. The van der Waals surface area contributed by atoms with Crippen LogP contribution in [0, 0.1) is 16.7 Å². The smallest absolute Gasteiger partial charge is 0.0129 e.